The van der Waals surface area contributed by atoms with Crippen LogP contribution >= 0.6 is 15.9 Å². The van der Waals surface area contributed by atoms with E-state index in [1.54, 1.807) is 35.4 Å². The number of hydrogen-bond donors (Lipinski definition) is 0. The average molecular weight is 489 g/mol. The van der Waals surface area contributed by atoms with Gasteiger partial charge in [-0.05, 0) is 42.5 Å². The van der Waals surface area contributed by atoms with Gasteiger partial charge in [-0.15, -0.1) is 0 Å². The van der Waals surface area contributed by atoms with Gasteiger partial charge in [0.05, 0.1) is 0 Å². The standard InChI is InChI=1S/C23H19BrF2N2O3/c24-15-3-1-4-18(13-15)31-22-19(5-2-10-27-22)23(29)28-11-8-17(9-12-28)30-21-7-6-16(25)14-20(21)26/h1-7,10,13-14,17H,8-9,11-12H2. The van der Waals surface area contributed by atoms with Crippen LogP contribution in [0, 0.1) is 11.6 Å². The Hall–Kier alpha value is -3.00. The van der Waals surface area contributed by atoms with E-state index in [-0.39, 0.29) is 23.6 Å². The molecule has 0 bridgehead atoms. The molecule has 8 heteroatoms. The molecule has 2 aromatic carbocycles. The largest absolute Gasteiger partial charge is 0.487 e. The van der Waals surface area contributed by atoms with Gasteiger partial charge in [0.15, 0.2) is 11.6 Å². The van der Waals surface area contributed by atoms with Gasteiger partial charge in [-0.1, -0.05) is 22.0 Å². The monoisotopic (exact) mass is 488 g/mol. The molecule has 1 aliphatic heterocycles. The van der Waals surface area contributed by atoms with Gasteiger partial charge in [0.1, 0.15) is 23.2 Å². The van der Waals surface area contributed by atoms with E-state index in [0.717, 1.165) is 16.6 Å². The lowest BCUT2D eigenvalue weighted by atomic mass is 10.1. The molecule has 0 N–H and O–H groups in total. The van der Waals surface area contributed by atoms with Crippen molar-refractivity contribution >= 4 is 21.8 Å². The summed E-state index contributed by atoms with van der Waals surface area (Å²) >= 11 is 3.39. The molecule has 0 unspecified atom stereocenters. The summed E-state index contributed by atoms with van der Waals surface area (Å²) in [6.07, 6.45) is 2.38. The first-order valence-corrected chi connectivity index (χ1v) is 10.6. The minimum atomic E-state index is -0.733. The number of ether oxygens (including phenoxy) is 2. The molecule has 160 valence electrons. The maximum Gasteiger partial charge on any atom is 0.259 e. The summed E-state index contributed by atoms with van der Waals surface area (Å²) in [6, 6.07) is 13.9. The van der Waals surface area contributed by atoms with E-state index >= 15 is 0 Å². The second-order valence-corrected chi connectivity index (χ2v) is 8.02. The lowest BCUT2D eigenvalue weighted by molar-refractivity contribution is 0.0585. The zero-order valence-corrected chi connectivity index (χ0v) is 18.0. The fourth-order valence-electron chi connectivity index (χ4n) is 3.37. The normalized spacial score (nSPS) is 14.4. The lowest BCUT2D eigenvalue weighted by Crippen LogP contribution is -2.42. The van der Waals surface area contributed by atoms with Crippen LogP contribution in [0.4, 0.5) is 8.78 Å². The number of carbonyl (C=O) groups is 1. The number of hydrogen-bond acceptors (Lipinski definition) is 4. The second-order valence-electron chi connectivity index (χ2n) is 7.10. The van der Waals surface area contributed by atoms with Crippen molar-refractivity contribution in [2.45, 2.75) is 18.9 Å². The molecular weight excluding hydrogens is 470 g/mol. The molecule has 4 rings (SSSR count). The van der Waals surface area contributed by atoms with Gasteiger partial charge in [0.2, 0.25) is 5.88 Å². The van der Waals surface area contributed by atoms with E-state index < -0.39 is 11.6 Å². The molecule has 0 spiro atoms. The number of likely N-dealkylation sites (tertiary alicyclic amines) is 1. The summed E-state index contributed by atoms with van der Waals surface area (Å²) in [4.78, 5) is 19.0. The van der Waals surface area contributed by atoms with E-state index in [9.17, 15) is 13.6 Å². The van der Waals surface area contributed by atoms with Gasteiger partial charge in [-0.2, -0.15) is 0 Å². The topological polar surface area (TPSA) is 51.7 Å². The van der Waals surface area contributed by atoms with Gasteiger partial charge >= 0.3 is 0 Å². The zero-order chi connectivity index (χ0) is 21.8. The summed E-state index contributed by atoms with van der Waals surface area (Å²) in [7, 11) is 0. The maximum absolute atomic E-state index is 13.8. The van der Waals surface area contributed by atoms with Crippen molar-refractivity contribution in [3.05, 3.63) is 82.5 Å². The number of halogens is 3. The van der Waals surface area contributed by atoms with Gasteiger partial charge in [-0.3, -0.25) is 4.79 Å². The first-order valence-electron chi connectivity index (χ1n) is 9.79. The van der Waals surface area contributed by atoms with E-state index in [0.29, 0.717) is 37.2 Å². The third-order valence-electron chi connectivity index (χ3n) is 4.93. The first-order chi connectivity index (χ1) is 15.0. The lowest BCUT2D eigenvalue weighted by Gasteiger charge is -2.32. The van der Waals surface area contributed by atoms with Gasteiger partial charge < -0.3 is 14.4 Å². The van der Waals surface area contributed by atoms with Crippen LogP contribution < -0.4 is 9.47 Å². The molecule has 1 amide bonds. The Balaban J connectivity index is 1.41. The second kappa shape index (κ2) is 9.43. The Bertz CT molecular complexity index is 1090. The van der Waals surface area contributed by atoms with Gasteiger partial charge in [0.25, 0.3) is 5.91 Å². The van der Waals surface area contributed by atoms with Crippen LogP contribution in [-0.2, 0) is 0 Å². The van der Waals surface area contributed by atoms with Crippen molar-refractivity contribution < 1.29 is 23.0 Å². The number of amides is 1. The fourth-order valence-corrected chi connectivity index (χ4v) is 3.75. The minimum absolute atomic E-state index is 0.0168. The number of piperidine rings is 1. The SMILES string of the molecule is O=C(c1cccnc1Oc1cccc(Br)c1)N1CCC(Oc2ccc(F)cc2F)CC1. The fraction of sp³-hybridized carbons (Fsp3) is 0.217. The van der Waals surface area contributed by atoms with Crippen molar-refractivity contribution in [1.29, 1.82) is 0 Å². The van der Waals surface area contributed by atoms with Crippen LogP contribution in [0.5, 0.6) is 17.4 Å². The highest BCUT2D eigenvalue weighted by molar-refractivity contribution is 9.10. The number of pyridine rings is 1. The molecule has 0 radical (unpaired) electrons. The number of rotatable bonds is 5. The molecule has 1 aromatic heterocycles. The number of benzene rings is 2. The molecule has 1 fully saturated rings. The summed E-state index contributed by atoms with van der Waals surface area (Å²) in [6.45, 7) is 0.884. The smallest absolute Gasteiger partial charge is 0.259 e. The van der Waals surface area contributed by atoms with Crippen molar-refractivity contribution in [3.8, 4) is 17.4 Å². The molecule has 3 aromatic rings. The zero-order valence-electron chi connectivity index (χ0n) is 16.4. The van der Waals surface area contributed by atoms with Gasteiger partial charge in [-0.25, -0.2) is 13.8 Å². The van der Waals surface area contributed by atoms with Gasteiger partial charge in [0, 0.05) is 42.7 Å². The summed E-state index contributed by atoms with van der Waals surface area (Å²) in [5.74, 6) is -0.758. The third-order valence-corrected chi connectivity index (χ3v) is 5.42. The van der Waals surface area contributed by atoms with Crippen LogP contribution in [-0.4, -0.2) is 35.0 Å². The van der Waals surface area contributed by atoms with E-state index in [1.807, 2.05) is 12.1 Å². The first kappa shape index (κ1) is 21.2. The number of carbonyl (C=O) groups excluding carboxylic acids is 1. The Kier molecular flexibility index (Phi) is 6.46. The number of nitrogens with zero attached hydrogens (tertiary/aromatic N) is 2. The number of aromatic nitrogens is 1. The Morgan fingerprint density at radius 1 is 1.06 bits per heavy atom. The van der Waals surface area contributed by atoms with Crippen LogP contribution in [0.3, 0.4) is 0 Å². The predicted octanol–water partition coefficient (Wildman–Crippen LogP) is 5.60. The van der Waals surface area contributed by atoms with Crippen molar-refractivity contribution in [2.24, 2.45) is 0 Å². The molecule has 2 heterocycles. The highest BCUT2D eigenvalue weighted by Gasteiger charge is 2.27. The van der Waals surface area contributed by atoms with Crippen LogP contribution in [0.1, 0.15) is 23.2 Å². The van der Waals surface area contributed by atoms with E-state index in [2.05, 4.69) is 20.9 Å². The predicted molar refractivity (Wildman–Crippen MR) is 114 cm³/mol. The molecule has 0 aliphatic carbocycles. The van der Waals surface area contributed by atoms with Crippen LogP contribution in [0.2, 0.25) is 0 Å². The molecule has 5 nitrogen and oxygen atoms in total. The average Bonchev–Trinajstić information content (AvgIpc) is 2.76. The molecular formula is C23H19BrF2N2O3. The summed E-state index contributed by atoms with van der Waals surface area (Å²) < 4.78 is 39.2. The summed E-state index contributed by atoms with van der Waals surface area (Å²) in [5, 5.41) is 0. The maximum atomic E-state index is 13.8. The molecule has 0 saturated carbocycles. The molecule has 1 aliphatic rings. The highest BCUT2D eigenvalue weighted by atomic mass is 79.9. The Morgan fingerprint density at radius 2 is 1.87 bits per heavy atom. The third kappa shape index (κ3) is 5.19. The van der Waals surface area contributed by atoms with Crippen molar-refractivity contribution in [2.75, 3.05) is 13.1 Å². The summed E-state index contributed by atoms with van der Waals surface area (Å²) in [5.41, 5.74) is 0.367. The van der Waals surface area contributed by atoms with Crippen molar-refractivity contribution in [3.63, 3.8) is 0 Å². The quantitative estimate of drug-likeness (QED) is 0.469. The molecule has 1 saturated heterocycles. The highest BCUT2D eigenvalue weighted by Crippen LogP contribution is 2.28. The van der Waals surface area contributed by atoms with E-state index in [1.165, 1.54) is 6.07 Å². The minimum Gasteiger partial charge on any atom is -0.487 e. The van der Waals surface area contributed by atoms with E-state index in [4.69, 9.17) is 9.47 Å². The Labute approximate surface area is 186 Å². The van der Waals surface area contributed by atoms with Crippen molar-refractivity contribution in [1.82, 2.24) is 9.88 Å². The van der Waals surface area contributed by atoms with Crippen LogP contribution in [0.25, 0.3) is 0 Å². The molecule has 0 atom stereocenters. The van der Waals surface area contributed by atoms with Crippen LogP contribution in [0.15, 0.2) is 65.3 Å². The Morgan fingerprint density at radius 3 is 2.61 bits per heavy atom. The molecule has 31 heavy (non-hydrogen) atoms.